The number of fused-ring (bicyclic) bond motifs is 1. The Hall–Kier alpha value is -4.23. The number of alkyl carbamates (subject to hydrolysis) is 1. The molecule has 3 aromatic carbocycles. The molecule has 4 rings (SSSR count). The minimum atomic E-state index is -1.09. The standard InChI is InChI=1S/C34H35NO5S/c1-23-28(29-11-7-8-12-31(29)39-23)10-6-5-9-24-13-17-26(18-14-24)27-19-15-25(16-20-27)21-41-22-30(32(36)37)35-33(38)40-34(2,3)4/h5-20,30H,21-22H2,1-4H3,(H,35,38)(H,36,37)/b9-5+,10-6-. The minimum Gasteiger partial charge on any atom is -0.480 e. The van der Waals surface area contributed by atoms with Gasteiger partial charge in [0.15, 0.2) is 0 Å². The third-order valence-electron chi connectivity index (χ3n) is 6.22. The van der Waals surface area contributed by atoms with Gasteiger partial charge in [-0.15, -0.1) is 0 Å². The van der Waals surface area contributed by atoms with E-state index in [1.165, 1.54) is 11.8 Å². The Bertz CT molecular complexity index is 1540. The first kappa shape index (κ1) is 29.7. The van der Waals surface area contributed by atoms with Crippen LogP contribution in [0.3, 0.4) is 0 Å². The molecule has 4 aromatic rings. The average Bonchev–Trinajstić information content (AvgIpc) is 3.25. The van der Waals surface area contributed by atoms with Crippen molar-refractivity contribution in [2.45, 2.75) is 45.1 Å². The number of allylic oxidation sites excluding steroid dienone is 2. The summed E-state index contributed by atoms with van der Waals surface area (Å²) in [5.74, 6) is 0.684. The van der Waals surface area contributed by atoms with Crippen molar-refractivity contribution in [1.29, 1.82) is 0 Å². The number of carboxylic acids is 1. The van der Waals surface area contributed by atoms with Gasteiger partial charge in [0.25, 0.3) is 0 Å². The van der Waals surface area contributed by atoms with Crippen molar-refractivity contribution in [2.75, 3.05) is 5.75 Å². The van der Waals surface area contributed by atoms with E-state index in [9.17, 15) is 14.7 Å². The minimum absolute atomic E-state index is 0.235. The molecule has 1 atom stereocenters. The van der Waals surface area contributed by atoms with Gasteiger partial charge in [-0.3, -0.25) is 0 Å². The van der Waals surface area contributed by atoms with Crippen LogP contribution in [-0.4, -0.2) is 34.6 Å². The van der Waals surface area contributed by atoms with Crippen molar-refractivity contribution in [3.05, 3.63) is 107 Å². The number of amides is 1. The number of nitrogens with one attached hydrogen (secondary N) is 1. The van der Waals surface area contributed by atoms with Gasteiger partial charge in [-0.05, 0) is 56.0 Å². The summed E-state index contributed by atoms with van der Waals surface area (Å²) in [6.45, 7) is 7.18. The van der Waals surface area contributed by atoms with Crippen LogP contribution in [-0.2, 0) is 15.3 Å². The molecule has 1 unspecified atom stereocenters. The molecule has 0 bridgehead atoms. The molecule has 0 radical (unpaired) electrons. The van der Waals surface area contributed by atoms with Gasteiger partial charge in [-0.25, -0.2) is 9.59 Å². The number of ether oxygens (including phenoxy) is 1. The van der Waals surface area contributed by atoms with Crippen molar-refractivity contribution < 1.29 is 23.8 Å². The second-order valence-electron chi connectivity index (χ2n) is 10.7. The first-order valence-corrected chi connectivity index (χ1v) is 14.6. The summed E-state index contributed by atoms with van der Waals surface area (Å²) in [5, 5.41) is 13.0. The van der Waals surface area contributed by atoms with Crippen LogP contribution in [0.5, 0.6) is 0 Å². The molecule has 212 valence electrons. The number of carboxylic acid groups (broad SMARTS) is 1. The van der Waals surface area contributed by atoms with Crippen molar-refractivity contribution in [1.82, 2.24) is 5.32 Å². The summed E-state index contributed by atoms with van der Waals surface area (Å²) in [4.78, 5) is 23.5. The lowest BCUT2D eigenvalue weighted by molar-refractivity contribution is -0.138. The van der Waals surface area contributed by atoms with Crippen molar-refractivity contribution in [3.63, 3.8) is 0 Å². The molecule has 0 aliphatic heterocycles. The Morgan fingerprint density at radius 3 is 2.24 bits per heavy atom. The third kappa shape index (κ3) is 8.63. The Morgan fingerprint density at radius 1 is 0.951 bits per heavy atom. The molecule has 0 saturated heterocycles. The number of aliphatic carboxylic acids is 1. The molecule has 1 amide bonds. The molecule has 1 heterocycles. The Balaban J connectivity index is 1.28. The number of hydrogen-bond donors (Lipinski definition) is 2. The summed E-state index contributed by atoms with van der Waals surface area (Å²) < 4.78 is 11.0. The van der Waals surface area contributed by atoms with Gasteiger partial charge in [-0.1, -0.05) is 91.0 Å². The molecule has 7 heteroatoms. The largest absolute Gasteiger partial charge is 0.480 e. The van der Waals surface area contributed by atoms with E-state index >= 15 is 0 Å². The average molecular weight is 570 g/mol. The van der Waals surface area contributed by atoms with Crippen molar-refractivity contribution >= 4 is 46.9 Å². The number of rotatable bonds is 10. The zero-order valence-electron chi connectivity index (χ0n) is 23.7. The smallest absolute Gasteiger partial charge is 0.408 e. The Morgan fingerprint density at radius 2 is 1.59 bits per heavy atom. The lowest BCUT2D eigenvalue weighted by atomic mass is 10.0. The first-order chi connectivity index (χ1) is 19.6. The summed E-state index contributed by atoms with van der Waals surface area (Å²) in [6, 6.07) is 23.6. The van der Waals surface area contributed by atoms with E-state index in [2.05, 4.69) is 59.9 Å². The maximum atomic E-state index is 11.9. The molecule has 0 aliphatic rings. The quantitative estimate of drug-likeness (QED) is 0.187. The molecule has 41 heavy (non-hydrogen) atoms. The number of aryl methyl sites for hydroxylation is 1. The van der Waals surface area contributed by atoms with Crippen LogP contribution in [0.1, 0.15) is 43.2 Å². The van der Waals surface area contributed by atoms with E-state index in [4.69, 9.17) is 9.15 Å². The lowest BCUT2D eigenvalue weighted by Gasteiger charge is -2.21. The van der Waals surface area contributed by atoms with Crippen LogP contribution in [0.2, 0.25) is 0 Å². The zero-order valence-corrected chi connectivity index (χ0v) is 24.5. The van der Waals surface area contributed by atoms with E-state index in [1.807, 2.05) is 49.4 Å². The molecular formula is C34H35NO5S. The summed E-state index contributed by atoms with van der Waals surface area (Å²) in [5.41, 5.74) is 5.71. The van der Waals surface area contributed by atoms with Gasteiger partial charge in [0.1, 0.15) is 23.0 Å². The maximum absolute atomic E-state index is 11.9. The summed E-state index contributed by atoms with van der Waals surface area (Å²) in [6.07, 6.45) is 7.47. The highest BCUT2D eigenvalue weighted by Crippen LogP contribution is 2.26. The van der Waals surface area contributed by atoms with E-state index in [1.54, 1.807) is 20.8 Å². The SMILES string of the molecule is Cc1oc2ccccc2c1/C=C\C=C\c1ccc(-c2ccc(CSCC(NC(=O)OC(C)(C)C)C(=O)O)cc2)cc1. The fraction of sp³-hybridized carbons (Fsp3) is 0.235. The third-order valence-corrected chi connectivity index (χ3v) is 7.33. The van der Waals surface area contributed by atoms with Gasteiger partial charge in [0.2, 0.25) is 0 Å². The monoisotopic (exact) mass is 569 g/mol. The highest BCUT2D eigenvalue weighted by atomic mass is 32.2. The fourth-order valence-corrected chi connectivity index (χ4v) is 5.22. The van der Waals surface area contributed by atoms with Crippen LogP contribution >= 0.6 is 11.8 Å². The topological polar surface area (TPSA) is 88.8 Å². The zero-order chi connectivity index (χ0) is 29.4. The molecule has 0 saturated carbocycles. The van der Waals surface area contributed by atoms with Crippen molar-refractivity contribution in [3.8, 4) is 11.1 Å². The van der Waals surface area contributed by atoms with Crippen LogP contribution in [0, 0.1) is 6.92 Å². The number of para-hydroxylation sites is 1. The van der Waals surface area contributed by atoms with Crippen molar-refractivity contribution in [2.24, 2.45) is 0 Å². The maximum Gasteiger partial charge on any atom is 0.408 e. The highest BCUT2D eigenvalue weighted by Gasteiger charge is 2.23. The summed E-state index contributed by atoms with van der Waals surface area (Å²) >= 11 is 1.45. The van der Waals surface area contributed by atoms with Crippen LogP contribution in [0.15, 0.2) is 89.4 Å². The van der Waals surface area contributed by atoms with Gasteiger partial charge >= 0.3 is 12.1 Å². The first-order valence-electron chi connectivity index (χ1n) is 13.4. The number of benzene rings is 3. The van der Waals surface area contributed by atoms with Crippen LogP contribution < -0.4 is 5.32 Å². The number of furan rings is 1. The molecular weight excluding hydrogens is 534 g/mol. The van der Waals surface area contributed by atoms with Gasteiger partial charge < -0.3 is 19.6 Å². The van der Waals surface area contributed by atoms with E-state index in [0.29, 0.717) is 5.75 Å². The van der Waals surface area contributed by atoms with Gasteiger partial charge in [-0.2, -0.15) is 11.8 Å². The molecule has 0 aliphatic carbocycles. The number of hydrogen-bond acceptors (Lipinski definition) is 5. The van der Waals surface area contributed by atoms with Crippen LogP contribution in [0.25, 0.3) is 34.2 Å². The normalized spacial score (nSPS) is 12.7. The molecule has 2 N–H and O–H groups in total. The van der Waals surface area contributed by atoms with Gasteiger partial charge in [0.05, 0.1) is 0 Å². The van der Waals surface area contributed by atoms with Crippen LogP contribution in [0.4, 0.5) is 4.79 Å². The predicted octanol–water partition coefficient (Wildman–Crippen LogP) is 8.35. The van der Waals surface area contributed by atoms with E-state index in [-0.39, 0.29) is 5.75 Å². The number of carbonyl (C=O) groups is 2. The molecule has 0 fully saturated rings. The molecule has 1 aromatic heterocycles. The Labute approximate surface area is 245 Å². The lowest BCUT2D eigenvalue weighted by Crippen LogP contribution is -2.44. The Kier molecular flexibility index (Phi) is 9.73. The summed E-state index contributed by atoms with van der Waals surface area (Å²) in [7, 11) is 0. The van der Waals surface area contributed by atoms with Gasteiger partial charge in [0, 0.05) is 22.5 Å². The molecule has 6 nitrogen and oxygen atoms in total. The number of carbonyl (C=O) groups excluding carboxylic acids is 1. The number of thioether (sulfide) groups is 1. The van der Waals surface area contributed by atoms with E-state index < -0.39 is 23.7 Å². The predicted molar refractivity (Wildman–Crippen MR) is 168 cm³/mol. The second-order valence-corrected chi connectivity index (χ2v) is 11.7. The second kappa shape index (κ2) is 13.4. The highest BCUT2D eigenvalue weighted by molar-refractivity contribution is 7.98. The fourth-order valence-electron chi connectivity index (χ4n) is 4.21. The van der Waals surface area contributed by atoms with E-state index in [0.717, 1.165) is 44.5 Å². The molecule has 0 spiro atoms.